The van der Waals surface area contributed by atoms with Crippen molar-refractivity contribution in [2.45, 2.75) is 32.9 Å². The fourth-order valence-corrected chi connectivity index (χ4v) is 2.17. The maximum Gasteiger partial charge on any atom is 0.345 e. The first-order chi connectivity index (χ1) is 11.5. The van der Waals surface area contributed by atoms with Crippen molar-refractivity contribution in [2.75, 3.05) is 0 Å². The Hall–Kier alpha value is -2.73. The molecule has 0 saturated heterocycles. The molecule has 0 amide bonds. The minimum absolute atomic E-state index is 0.0638. The molecule has 124 valence electrons. The van der Waals surface area contributed by atoms with E-state index >= 15 is 0 Å². The highest BCUT2D eigenvalue weighted by atomic mass is 16.5. The Morgan fingerprint density at radius 1 is 1.04 bits per heavy atom. The molecule has 1 heterocycles. The third kappa shape index (κ3) is 4.17. The number of hydrogen-bond donors (Lipinski definition) is 1. The van der Waals surface area contributed by atoms with Crippen molar-refractivity contribution in [1.82, 2.24) is 25.5 Å². The van der Waals surface area contributed by atoms with Crippen molar-refractivity contribution in [3.8, 4) is 17.4 Å². The first-order valence-corrected chi connectivity index (χ1v) is 7.87. The average molecular weight is 323 g/mol. The smallest absolute Gasteiger partial charge is 0.345 e. The van der Waals surface area contributed by atoms with Crippen molar-refractivity contribution < 1.29 is 4.74 Å². The molecule has 3 rings (SSSR count). The first-order valence-electron chi connectivity index (χ1n) is 7.87. The topological polar surface area (TPSA) is 64.9 Å². The summed E-state index contributed by atoms with van der Waals surface area (Å²) in [4.78, 5) is 0. The first kappa shape index (κ1) is 16.1. The molecule has 0 aliphatic heterocycles. The molecule has 0 unspecified atom stereocenters. The highest BCUT2D eigenvalue weighted by Gasteiger charge is 2.12. The minimum atomic E-state index is 0.0638. The van der Waals surface area contributed by atoms with E-state index in [0.717, 1.165) is 17.8 Å². The average Bonchev–Trinajstić information content (AvgIpc) is 3.02. The van der Waals surface area contributed by atoms with Crippen LogP contribution >= 0.6 is 0 Å². The fourth-order valence-electron chi connectivity index (χ4n) is 2.17. The fraction of sp³-hybridized carbons (Fsp3) is 0.278. The molecule has 0 bridgehead atoms. The maximum absolute atomic E-state index is 5.88. The zero-order chi connectivity index (χ0) is 17.0. The molecule has 24 heavy (non-hydrogen) atoms. The number of nitrogens with zero attached hydrogens (tertiary/aromatic N) is 4. The number of aromatic nitrogens is 4. The highest BCUT2D eigenvalue weighted by molar-refractivity contribution is 5.34. The summed E-state index contributed by atoms with van der Waals surface area (Å²) in [6, 6.07) is 17.9. The van der Waals surface area contributed by atoms with Crippen LogP contribution < -0.4 is 10.1 Å². The van der Waals surface area contributed by atoms with Crippen LogP contribution in [-0.2, 0) is 6.54 Å². The van der Waals surface area contributed by atoms with Crippen LogP contribution in [0.3, 0.4) is 0 Å². The molecule has 6 heteroatoms. The van der Waals surface area contributed by atoms with Crippen molar-refractivity contribution in [2.24, 2.45) is 0 Å². The number of tetrazole rings is 1. The van der Waals surface area contributed by atoms with Gasteiger partial charge >= 0.3 is 6.01 Å². The van der Waals surface area contributed by atoms with E-state index in [1.807, 2.05) is 48.5 Å². The van der Waals surface area contributed by atoms with E-state index in [0.29, 0.717) is 11.8 Å². The van der Waals surface area contributed by atoms with Gasteiger partial charge in [0.1, 0.15) is 5.75 Å². The Labute approximate surface area is 141 Å². The lowest BCUT2D eigenvalue weighted by molar-refractivity contribution is 0.417. The number of hydrogen-bond acceptors (Lipinski definition) is 5. The second-order valence-corrected chi connectivity index (χ2v) is 6.56. The molecule has 1 N–H and O–H groups in total. The molecule has 0 aliphatic rings. The van der Waals surface area contributed by atoms with Gasteiger partial charge in [0.05, 0.1) is 5.69 Å². The van der Waals surface area contributed by atoms with Crippen LogP contribution in [0.4, 0.5) is 0 Å². The van der Waals surface area contributed by atoms with Gasteiger partial charge in [0.15, 0.2) is 0 Å². The largest absolute Gasteiger partial charge is 0.423 e. The lowest BCUT2D eigenvalue weighted by Gasteiger charge is -2.20. The zero-order valence-corrected chi connectivity index (χ0v) is 14.1. The zero-order valence-electron chi connectivity index (χ0n) is 14.1. The van der Waals surface area contributed by atoms with Gasteiger partial charge in [0.25, 0.3) is 0 Å². The Morgan fingerprint density at radius 3 is 2.58 bits per heavy atom. The Bertz CT molecular complexity index is 792. The molecule has 0 aliphatic carbocycles. The summed E-state index contributed by atoms with van der Waals surface area (Å²) < 4.78 is 7.45. The maximum atomic E-state index is 5.88. The summed E-state index contributed by atoms with van der Waals surface area (Å²) in [5, 5.41) is 15.1. The van der Waals surface area contributed by atoms with E-state index in [4.69, 9.17) is 4.74 Å². The molecule has 1 aromatic heterocycles. The van der Waals surface area contributed by atoms with E-state index in [1.165, 1.54) is 0 Å². The normalized spacial score (nSPS) is 11.5. The van der Waals surface area contributed by atoms with Gasteiger partial charge in [-0.05, 0) is 61.0 Å². The molecule has 0 saturated carbocycles. The standard InChI is InChI=1S/C18H21N5O/c1-18(2,3)19-13-14-8-7-11-16(12-14)24-17-20-21-22-23(17)15-9-5-4-6-10-15/h4-12,19H,13H2,1-3H3. The van der Waals surface area contributed by atoms with Crippen LogP contribution in [0.15, 0.2) is 54.6 Å². The lowest BCUT2D eigenvalue weighted by atomic mass is 10.1. The van der Waals surface area contributed by atoms with Gasteiger partial charge in [-0.15, -0.1) is 0 Å². The number of nitrogens with one attached hydrogen (secondary N) is 1. The van der Waals surface area contributed by atoms with Crippen LogP contribution in [0.25, 0.3) is 5.69 Å². The Morgan fingerprint density at radius 2 is 1.83 bits per heavy atom. The van der Waals surface area contributed by atoms with Gasteiger partial charge < -0.3 is 10.1 Å². The van der Waals surface area contributed by atoms with Crippen molar-refractivity contribution in [1.29, 1.82) is 0 Å². The van der Waals surface area contributed by atoms with Gasteiger partial charge in [-0.25, -0.2) is 0 Å². The van der Waals surface area contributed by atoms with E-state index in [2.05, 4.69) is 47.7 Å². The predicted octanol–water partition coefficient (Wildman–Crippen LogP) is 3.34. The molecular weight excluding hydrogens is 302 g/mol. The Kier molecular flexibility index (Phi) is 4.57. The van der Waals surface area contributed by atoms with E-state index in [1.54, 1.807) is 4.68 Å². The molecule has 0 spiro atoms. The number of rotatable bonds is 5. The number of para-hydroxylation sites is 1. The van der Waals surface area contributed by atoms with E-state index in [9.17, 15) is 0 Å². The van der Waals surface area contributed by atoms with Crippen LogP contribution in [0, 0.1) is 0 Å². The van der Waals surface area contributed by atoms with Crippen molar-refractivity contribution >= 4 is 0 Å². The van der Waals surface area contributed by atoms with Gasteiger partial charge in [-0.3, -0.25) is 0 Å². The van der Waals surface area contributed by atoms with Gasteiger partial charge in [0.2, 0.25) is 0 Å². The molecule has 0 atom stereocenters. The summed E-state index contributed by atoms with van der Waals surface area (Å²) in [5.41, 5.74) is 2.05. The van der Waals surface area contributed by atoms with Gasteiger partial charge in [-0.2, -0.15) is 4.68 Å². The van der Waals surface area contributed by atoms with Gasteiger partial charge in [-0.1, -0.05) is 35.4 Å². The van der Waals surface area contributed by atoms with Crippen molar-refractivity contribution in [3.63, 3.8) is 0 Å². The highest BCUT2D eigenvalue weighted by Crippen LogP contribution is 2.22. The number of ether oxygens (including phenoxy) is 1. The molecule has 2 aromatic carbocycles. The number of benzene rings is 2. The summed E-state index contributed by atoms with van der Waals surface area (Å²) in [5.74, 6) is 0.704. The SMILES string of the molecule is CC(C)(C)NCc1cccc(Oc2nnnn2-c2ccccc2)c1. The third-order valence-electron chi connectivity index (χ3n) is 3.37. The minimum Gasteiger partial charge on any atom is -0.423 e. The van der Waals surface area contributed by atoms with Crippen LogP contribution in [0.2, 0.25) is 0 Å². The quantitative estimate of drug-likeness (QED) is 0.780. The Balaban J connectivity index is 1.77. The van der Waals surface area contributed by atoms with Crippen LogP contribution in [0.1, 0.15) is 26.3 Å². The molecule has 6 nitrogen and oxygen atoms in total. The second-order valence-electron chi connectivity index (χ2n) is 6.56. The summed E-state index contributed by atoms with van der Waals surface area (Å²) >= 11 is 0. The summed E-state index contributed by atoms with van der Waals surface area (Å²) in [6.07, 6.45) is 0. The third-order valence-corrected chi connectivity index (χ3v) is 3.37. The molecule has 3 aromatic rings. The van der Waals surface area contributed by atoms with Gasteiger partial charge in [0, 0.05) is 12.1 Å². The second kappa shape index (κ2) is 6.80. The molecule has 0 radical (unpaired) electrons. The van der Waals surface area contributed by atoms with E-state index < -0.39 is 0 Å². The summed E-state index contributed by atoms with van der Waals surface area (Å²) in [7, 11) is 0. The van der Waals surface area contributed by atoms with Crippen molar-refractivity contribution in [3.05, 3.63) is 60.2 Å². The van der Waals surface area contributed by atoms with E-state index in [-0.39, 0.29) is 5.54 Å². The van der Waals surface area contributed by atoms with Crippen LogP contribution in [-0.4, -0.2) is 25.7 Å². The lowest BCUT2D eigenvalue weighted by Crippen LogP contribution is -2.35. The monoisotopic (exact) mass is 323 g/mol. The molecular formula is C18H21N5O. The molecule has 0 fully saturated rings. The summed E-state index contributed by atoms with van der Waals surface area (Å²) in [6.45, 7) is 7.19. The predicted molar refractivity (Wildman–Crippen MR) is 92.3 cm³/mol. The van der Waals surface area contributed by atoms with Crippen LogP contribution in [0.5, 0.6) is 11.8 Å².